The molecule has 0 spiro atoms. The van der Waals surface area contributed by atoms with Crippen LogP contribution in [-0.4, -0.2) is 71.2 Å². The molecule has 0 saturated carbocycles. The van der Waals surface area contributed by atoms with E-state index >= 15 is 0 Å². The van der Waals surface area contributed by atoms with Crippen molar-refractivity contribution in [1.29, 1.82) is 0 Å². The lowest BCUT2D eigenvalue weighted by molar-refractivity contribution is 0.266. The number of aromatic nitrogens is 4. The third-order valence-corrected chi connectivity index (χ3v) is 3.79. The fourth-order valence-corrected chi connectivity index (χ4v) is 2.52. The molecule has 8 heteroatoms. The third-order valence-electron chi connectivity index (χ3n) is 3.79. The molecule has 0 bridgehead atoms. The van der Waals surface area contributed by atoms with E-state index in [1.54, 1.807) is 25.6 Å². The van der Waals surface area contributed by atoms with Crippen LogP contribution in [0.2, 0.25) is 0 Å². The van der Waals surface area contributed by atoms with E-state index in [-0.39, 0.29) is 0 Å². The SMILES string of the molecule is COc1cc(NCCN2CCN(c3ncccn3)CC2)ncn1. The molecule has 122 valence electrons. The van der Waals surface area contributed by atoms with Crippen molar-refractivity contribution in [3.05, 3.63) is 30.9 Å². The molecule has 1 N–H and O–H groups in total. The maximum atomic E-state index is 5.09. The summed E-state index contributed by atoms with van der Waals surface area (Å²) in [6.07, 6.45) is 5.07. The molecule has 0 atom stereocenters. The minimum absolute atomic E-state index is 0.568. The van der Waals surface area contributed by atoms with E-state index < -0.39 is 0 Å². The highest BCUT2D eigenvalue weighted by Gasteiger charge is 2.18. The van der Waals surface area contributed by atoms with Crippen LogP contribution in [0.25, 0.3) is 0 Å². The molecule has 2 aromatic heterocycles. The second kappa shape index (κ2) is 7.68. The van der Waals surface area contributed by atoms with Crippen LogP contribution in [0.1, 0.15) is 0 Å². The van der Waals surface area contributed by atoms with E-state index in [4.69, 9.17) is 4.74 Å². The summed E-state index contributed by atoms with van der Waals surface area (Å²) in [5.41, 5.74) is 0. The first-order chi connectivity index (χ1) is 11.3. The Bertz CT molecular complexity index is 602. The van der Waals surface area contributed by atoms with Crippen molar-refractivity contribution in [1.82, 2.24) is 24.8 Å². The standard InChI is InChI=1S/C15H21N7O/c1-23-14-11-13(19-12-20-14)16-5-6-21-7-9-22(10-8-21)15-17-3-2-4-18-15/h2-4,11-12H,5-10H2,1H3,(H,16,19,20). The highest BCUT2D eigenvalue weighted by Crippen LogP contribution is 2.11. The minimum atomic E-state index is 0.568. The van der Waals surface area contributed by atoms with Gasteiger partial charge in [-0.1, -0.05) is 0 Å². The molecule has 3 heterocycles. The summed E-state index contributed by atoms with van der Waals surface area (Å²) in [6.45, 7) is 5.72. The molecule has 3 rings (SSSR count). The molecule has 2 aromatic rings. The smallest absolute Gasteiger partial charge is 0.225 e. The second-order valence-electron chi connectivity index (χ2n) is 5.25. The summed E-state index contributed by atoms with van der Waals surface area (Å²) in [7, 11) is 1.60. The lowest BCUT2D eigenvalue weighted by atomic mass is 10.3. The van der Waals surface area contributed by atoms with E-state index in [0.29, 0.717) is 5.88 Å². The number of piperazine rings is 1. The predicted molar refractivity (Wildman–Crippen MR) is 87.8 cm³/mol. The number of nitrogens with zero attached hydrogens (tertiary/aromatic N) is 6. The van der Waals surface area contributed by atoms with E-state index in [0.717, 1.165) is 51.0 Å². The number of methoxy groups -OCH3 is 1. The number of anilines is 2. The van der Waals surface area contributed by atoms with Crippen LogP contribution in [0.5, 0.6) is 5.88 Å². The van der Waals surface area contributed by atoms with Crippen molar-refractivity contribution in [3.8, 4) is 5.88 Å². The molecular formula is C15H21N7O. The summed E-state index contributed by atoms with van der Waals surface area (Å²) in [4.78, 5) is 21.4. The van der Waals surface area contributed by atoms with Crippen LogP contribution in [0, 0.1) is 0 Å². The highest BCUT2D eigenvalue weighted by atomic mass is 16.5. The van der Waals surface area contributed by atoms with Crippen molar-refractivity contribution < 1.29 is 4.74 Å². The first kappa shape index (κ1) is 15.4. The van der Waals surface area contributed by atoms with Gasteiger partial charge in [-0.15, -0.1) is 0 Å². The zero-order valence-electron chi connectivity index (χ0n) is 13.2. The zero-order valence-corrected chi connectivity index (χ0v) is 13.2. The fourth-order valence-electron chi connectivity index (χ4n) is 2.52. The van der Waals surface area contributed by atoms with Crippen molar-refractivity contribution in [2.75, 3.05) is 56.6 Å². The van der Waals surface area contributed by atoms with Gasteiger partial charge in [-0.05, 0) is 6.07 Å². The Hall–Kier alpha value is -2.48. The van der Waals surface area contributed by atoms with E-state index in [2.05, 4.69) is 35.1 Å². The number of nitrogens with one attached hydrogen (secondary N) is 1. The average molecular weight is 315 g/mol. The molecule has 0 aliphatic carbocycles. The van der Waals surface area contributed by atoms with Gasteiger partial charge >= 0.3 is 0 Å². The minimum Gasteiger partial charge on any atom is -0.481 e. The summed E-state index contributed by atoms with van der Waals surface area (Å²) >= 11 is 0. The topological polar surface area (TPSA) is 79.3 Å². The van der Waals surface area contributed by atoms with Gasteiger partial charge in [0.25, 0.3) is 0 Å². The number of hydrogen-bond acceptors (Lipinski definition) is 8. The fraction of sp³-hybridized carbons (Fsp3) is 0.467. The van der Waals surface area contributed by atoms with Crippen molar-refractivity contribution in [2.45, 2.75) is 0 Å². The van der Waals surface area contributed by atoms with Gasteiger partial charge in [0.2, 0.25) is 11.8 Å². The van der Waals surface area contributed by atoms with Crippen LogP contribution in [0.15, 0.2) is 30.9 Å². The normalized spacial score (nSPS) is 15.4. The van der Waals surface area contributed by atoms with E-state index in [1.807, 2.05) is 6.07 Å². The van der Waals surface area contributed by atoms with Gasteiger partial charge in [-0.25, -0.2) is 19.9 Å². The third kappa shape index (κ3) is 4.26. The lowest BCUT2D eigenvalue weighted by Crippen LogP contribution is -2.48. The molecule has 23 heavy (non-hydrogen) atoms. The van der Waals surface area contributed by atoms with Crippen LogP contribution >= 0.6 is 0 Å². The first-order valence-electron chi connectivity index (χ1n) is 7.69. The van der Waals surface area contributed by atoms with Crippen LogP contribution in [0.3, 0.4) is 0 Å². The second-order valence-corrected chi connectivity index (χ2v) is 5.25. The molecule has 0 aromatic carbocycles. The lowest BCUT2D eigenvalue weighted by Gasteiger charge is -2.34. The van der Waals surface area contributed by atoms with E-state index in [9.17, 15) is 0 Å². The van der Waals surface area contributed by atoms with Crippen molar-refractivity contribution >= 4 is 11.8 Å². The Kier molecular flexibility index (Phi) is 5.15. The monoisotopic (exact) mass is 315 g/mol. The number of ether oxygens (including phenoxy) is 1. The molecule has 1 aliphatic heterocycles. The quantitative estimate of drug-likeness (QED) is 0.826. The summed E-state index contributed by atoms with van der Waals surface area (Å²) in [5, 5.41) is 3.30. The number of rotatable bonds is 6. The van der Waals surface area contributed by atoms with Gasteiger partial charge in [0.1, 0.15) is 12.1 Å². The molecule has 1 fully saturated rings. The highest BCUT2D eigenvalue weighted by molar-refractivity contribution is 5.37. The Balaban J connectivity index is 1.41. The van der Waals surface area contributed by atoms with Gasteiger partial charge in [0.05, 0.1) is 7.11 Å². The number of hydrogen-bond donors (Lipinski definition) is 1. The summed E-state index contributed by atoms with van der Waals surface area (Å²) in [6, 6.07) is 3.64. The molecule has 0 amide bonds. The van der Waals surface area contributed by atoms with Crippen LogP contribution in [-0.2, 0) is 0 Å². The summed E-state index contributed by atoms with van der Waals surface area (Å²) in [5.74, 6) is 2.17. The van der Waals surface area contributed by atoms with Gasteiger partial charge in [0.15, 0.2) is 0 Å². The van der Waals surface area contributed by atoms with Gasteiger partial charge in [-0.2, -0.15) is 0 Å². The zero-order chi connectivity index (χ0) is 15.9. The van der Waals surface area contributed by atoms with Crippen LogP contribution in [0.4, 0.5) is 11.8 Å². The Labute approximate surface area is 135 Å². The molecule has 1 saturated heterocycles. The maximum absolute atomic E-state index is 5.09. The van der Waals surface area contributed by atoms with E-state index in [1.165, 1.54) is 6.33 Å². The predicted octanol–water partition coefficient (Wildman–Crippen LogP) is 0.509. The maximum Gasteiger partial charge on any atom is 0.225 e. The van der Waals surface area contributed by atoms with Crippen molar-refractivity contribution in [3.63, 3.8) is 0 Å². The summed E-state index contributed by atoms with van der Waals surface area (Å²) < 4.78 is 5.09. The molecular weight excluding hydrogens is 294 g/mol. The molecule has 0 radical (unpaired) electrons. The Morgan fingerprint density at radius 3 is 2.61 bits per heavy atom. The largest absolute Gasteiger partial charge is 0.481 e. The van der Waals surface area contributed by atoms with Gasteiger partial charge < -0.3 is 15.0 Å². The van der Waals surface area contributed by atoms with Crippen molar-refractivity contribution in [2.24, 2.45) is 0 Å². The molecule has 8 nitrogen and oxygen atoms in total. The van der Waals surface area contributed by atoms with Gasteiger partial charge in [-0.3, -0.25) is 4.90 Å². The Morgan fingerprint density at radius 2 is 1.87 bits per heavy atom. The molecule has 1 aliphatic rings. The van der Waals surface area contributed by atoms with Gasteiger partial charge in [0, 0.05) is 57.7 Å². The molecule has 0 unspecified atom stereocenters. The average Bonchev–Trinajstić information content (AvgIpc) is 2.63. The Morgan fingerprint density at radius 1 is 1.09 bits per heavy atom. The first-order valence-corrected chi connectivity index (χ1v) is 7.69. The van der Waals surface area contributed by atoms with Crippen LogP contribution < -0.4 is 15.0 Å².